The van der Waals surface area contributed by atoms with Crippen molar-refractivity contribution in [2.45, 2.75) is 19.4 Å². The van der Waals surface area contributed by atoms with Gasteiger partial charge >= 0.3 is 0 Å². The Bertz CT molecular complexity index is 878. The van der Waals surface area contributed by atoms with Crippen LogP contribution < -0.4 is 0 Å². The van der Waals surface area contributed by atoms with Gasteiger partial charge in [-0.15, -0.1) is 0 Å². The van der Waals surface area contributed by atoms with Gasteiger partial charge in [-0.3, -0.25) is 0 Å². The largest absolute Gasteiger partial charge is 0.247 e. The predicted octanol–water partition coefficient (Wildman–Crippen LogP) is 3.87. The van der Waals surface area contributed by atoms with Crippen LogP contribution in [-0.2, 0) is 10.0 Å². The number of aryl methyl sites for hydroxylation is 1. The molecule has 1 atom stereocenters. The van der Waals surface area contributed by atoms with E-state index in [0.717, 1.165) is 26.9 Å². The van der Waals surface area contributed by atoms with E-state index < -0.39 is 10.0 Å². The van der Waals surface area contributed by atoms with Crippen molar-refractivity contribution in [3.63, 3.8) is 0 Å². The molecule has 1 aliphatic rings. The third-order valence-corrected chi connectivity index (χ3v) is 5.31. The van der Waals surface area contributed by atoms with Crippen molar-refractivity contribution in [1.82, 2.24) is 4.41 Å². The summed E-state index contributed by atoms with van der Waals surface area (Å²) >= 11 is 3.45. The van der Waals surface area contributed by atoms with Gasteiger partial charge in [0.1, 0.15) is 0 Å². The van der Waals surface area contributed by atoms with Crippen LogP contribution in [0.15, 0.2) is 58.1 Å². The second-order valence-electron chi connectivity index (χ2n) is 5.73. The maximum Gasteiger partial charge on any atom is 0.247 e. The fraction of sp³-hybridized carbons (Fsp3) is 0.235. The summed E-state index contributed by atoms with van der Waals surface area (Å²) in [6.45, 7) is 2.00. The van der Waals surface area contributed by atoms with E-state index in [0.29, 0.717) is 6.42 Å². The molecule has 1 heterocycles. The lowest BCUT2D eigenvalue weighted by molar-refractivity contribution is 0.374. The Kier molecular flexibility index (Phi) is 4.29. The number of hydrazone groups is 1. The lowest BCUT2D eigenvalue weighted by Gasteiger charge is -2.21. The minimum absolute atomic E-state index is 0.293. The van der Waals surface area contributed by atoms with Gasteiger partial charge in [0.2, 0.25) is 10.0 Å². The Morgan fingerprint density at radius 2 is 1.91 bits per heavy atom. The van der Waals surface area contributed by atoms with E-state index in [4.69, 9.17) is 0 Å². The number of hydrogen-bond acceptors (Lipinski definition) is 3. The van der Waals surface area contributed by atoms with Crippen LogP contribution in [0.1, 0.15) is 29.2 Å². The Morgan fingerprint density at radius 1 is 1.17 bits per heavy atom. The zero-order valence-corrected chi connectivity index (χ0v) is 15.3. The molecule has 0 bridgehead atoms. The molecule has 0 spiro atoms. The molecule has 1 aliphatic heterocycles. The normalized spacial score (nSPS) is 18.1. The second kappa shape index (κ2) is 6.09. The van der Waals surface area contributed by atoms with E-state index >= 15 is 0 Å². The quantitative estimate of drug-likeness (QED) is 0.795. The second-order valence-corrected chi connectivity index (χ2v) is 8.48. The molecule has 0 fully saturated rings. The molecule has 4 nitrogen and oxygen atoms in total. The van der Waals surface area contributed by atoms with Crippen LogP contribution in [0.4, 0.5) is 0 Å². The first kappa shape index (κ1) is 16.2. The molecule has 120 valence electrons. The average Bonchev–Trinajstić information content (AvgIpc) is 2.92. The average molecular weight is 393 g/mol. The minimum atomic E-state index is -3.43. The van der Waals surface area contributed by atoms with Gasteiger partial charge in [0.25, 0.3) is 0 Å². The lowest BCUT2D eigenvalue weighted by Crippen LogP contribution is -2.25. The Labute approximate surface area is 145 Å². The Hall–Kier alpha value is -1.66. The Morgan fingerprint density at radius 3 is 2.57 bits per heavy atom. The van der Waals surface area contributed by atoms with Gasteiger partial charge in [0.15, 0.2) is 0 Å². The summed E-state index contributed by atoms with van der Waals surface area (Å²) < 4.78 is 26.5. The Balaban J connectivity index is 2.03. The molecule has 3 rings (SSSR count). The minimum Gasteiger partial charge on any atom is -0.205 e. The third kappa shape index (κ3) is 3.48. The zero-order chi connectivity index (χ0) is 16.6. The van der Waals surface area contributed by atoms with Crippen molar-refractivity contribution in [1.29, 1.82) is 0 Å². The van der Waals surface area contributed by atoms with Gasteiger partial charge in [0.05, 0.1) is 18.0 Å². The van der Waals surface area contributed by atoms with Crippen molar-refractivity contribution in [2.24, 2.45) is 5.10 Å². The van der Waals surface area contributed by atoms with Gasteiger partial charge in [-0.05, 0) is 30.2 Å². The number of halogens is 1. The van der Waals surface area contributed by atoms with Gasteiger partial charge in [-0.1, -0.05) is 57.9 Å². The SMILES string of the molecule is Cc1cccc([C@@H]2CC(c3cccc(Br)c3)=NN2S(C)(=O)=O)c1. The number of benzene rings is 2. The van der Waals surface area contributed by atoms with Crippen LogP contribution >= 0.6 is 15.9 Å². The highest BCUT2D eigenvalue weighted by Crippen LogP contribution is 2.35. The molecule has 0 N–H and O–H groups in total. The summed E-state index contributed by atoms with van der Waals surface area (Å²) in [6.07, 6.45) is 1.76. The molecule has 0 saturated heterocycles. The fourth-order valence-corrected chi connectivity index (χ4v) is 4.07. The molecule has 2 aromatic carbocycles. The van der Waals surface area contributed by atoms with Crippen molar-refractivity contribution in [3.8, 4) is 0 Å². The summed E-state index contributed by atoms with van der Waals surface area (Å²) in [6, 6.07) is 15.4. The highest BCUT2D eigenvalue weighted by molar-refractivity contribution is 9.10. The van der Waals surface area contributed by atoms with Crippen LogP contribution in [-0.4, -0.2) is 24.8 Å². The molecule has 23 heavy (non-hydrogen) atoms. The summed E-state index contributed by atoms with van der Waals surface area (Å²) in [5, 5.41) is 4.40. The molecule has 0 unspecified atom stereocenters. The smallest absolute Gasteiger partial charge is 0.205 e. The molecular formula is C17H17BrN2O2S. The van der Waals surface area contributed by atoms with Crippen molar-refractivity contribution >= 4 is 31.7 Å². The van der Waals surface area contributed by atoms with E-state index in [-0.39, 0.29) is 6.04 Å². The van der Waals surface area contributed by atoms with E-state index in [9.17, 15) is 8.42 Å². The first-order valence-electron chi connectivity index (χ1n) is 7.24. The monoisotopic (exact) mass is 392 g/mol. The van der Waals surface area contributed by atoms with Crippen LogP contribution in [0.25, 0.3) is 0 Å². The highest BCUT2D eigenvalue weighted by Gasteiger charge is 2.34. The standard InChI is InChI=1S/C17H17BrN2O2S/c1-12-5-3-7-14(9-12)17-11-16(19-20(17)23(2,21)22)13-6-4-8-15(18)10-13/h3-10,17H,11H2,1-2H3/t17-/m0/s1. The third-order valence-electron chi connectivity index (χ3n) is 3.80. The zero-order valence-electron chi connectivity index (χ0n) is 12.9. The van der Waals surface area contributed by atoms with Crippen LogP contribution in [0.5, 0.6) is 0 Å². The number of rotatable bonds is 3. The maximum absolute atomic E-state index is 12.2. The van der Waals surface area contributed by atoms with Crippen LogP contribution in [0.2, 0.25) is 0 Å². The number of hydrogen-bond donors (Lipinski definition) is 0. The molecular weight excluding hydrogens is 376 g/mol. The topological polar surface area (TPSA) is 49.7 Å². The van der Waals surface area contributed by atoms with E-state index in [1.54, 1.807) is 0 Å². The van der Waals surface area contributed by atoms with Crippen LogP contribution in [0, 0.1) is 6.92 Å². The summed E-state index contributed by atoms with van der Waals surface area (Å²) in [4.78, 5) is 0. The molecule has 0 amide bonds. The maximum atomic E-state index is 12.2. The summed E-state index contributed by atoms with van der Waals surface area (Å²) in [5.74, 6) is 0. The van der Waals surface area contributed by atoms with Crippen molar-refractivity contribution < 1.29 is 8.42 Å². The van der Waals surface area contributed by atoms with E-state index in [1.165, 1.54) is 10.7 Å². The van der Waals surface area contributed by atoms with Gasteiger partial charge in [0, 0.05) is 10.9 Å². The molecule has 6 heteroatoms. The van der Waals surface area contributed by atoms with Gasteiger partial charge < -0.3 is 0 Å². The predicted molar refractivity (Wildman–Crippen MR) is 95.9 cm³/mol. The van der Waals surface area contributed by atoms with Crippen molar-refractivity contribution in [3.05, 3.63) is 69.7 Å². The molecule has 0 saturated carbocycles. The number of sulfonamides is 1. The lowest BCUT2D eigenvalue weighted by atomic mass is 9.98. The number of nitrogens with zero attached hydrogens (tertiary/aromatic N) is 2. The van der Waals surface area contributed by atoms with E-state index in [2.05, 4.69) is 21.0 Å². The summed E-state index contributed by atoms with van der Waals surface area (Å²) in [5.41, 5.74) is 3.78. The molecule has 0 radical (unpaired) electrons. The molecule has 0 aromatic heterocycles. The first-order chi connectivity index (χ1) is 10.8. The highest BCUT2D eigenvalue weighted by atomic mass is 79.9. The molecule has 0 aliphatic carbocycles. The first-order valence-corrected chi connectivity index (χ1v) is 9.88. The van der Waals surface area contributed by atoms with Gasteiger partial charge in [-0.2, -0.15) is 9.52 Å². The van der Waals surface area contributed by atoms with Gasteiger partial charge in [-0.25, -0.2) is 8.42 Å². The van der Waals surface area contributed by atoms with E-state index in [1.807, 2.05) is 55.5 Å². The fourth-order valence-electron chi connectivity index (χ4n) is 2.76. The van der Waals surface area contributed by atoms with Crippen LogP contribution in [0.3, 0.4) is 0 Å². The van der Waals surface area contributed by atoms with Crippen molar-refractivity contribution in [2.75, 3.05) is 6.26 Å². The molecule has 2 aromatic rings. The summed E-state index contributed by atoms with van der Waals surface area (Å²) in [7, 11) is -3.43.